The topological polar surface area (TPSA) is 103 Å². The largest absolute Gasteiger partial charge is 0.573 e. The maximum Gasteiger partial charge on any atom is 0.573 e. The van der Waals surface area contributed by atoms with Crippen molar-refractivity contribution < 1.29 is 27.4 Å². The number of nitrogens with zero attached hydrogens (tertiary/aromatic N) is 4. The van der Waals surface area contributed by atoms with Gasteiger partial charge in [0.25, 0.3) is 0 Å². The van der Waals surface area contributed by atoms with Gasteiger partial charge in [0.1, 0.15) is 24.2 Å². The highest BCUT2D eigenvalue weighted by Gasteiger charge is 2.32. The molecule has 0 radical (unpaired) electrons. The van der Waals surface area contributed by atoms with E-state index >= 15 is 0 Å². The summed E-state index contributed by atoms with van der Waals surface area (Å²) < 4.78 is 48.9. The number of urea groups is 1. The number of halogens is 3. The van der Waals surface area contributed by atoms with Gasteiger partial charge in [-0.3, -0.25) is 4.57 Å². The third kappa shape index (κ3) is 5.97. The van der Waals surface area contributed by atoms with Gasteiger partial charge in [0.2, 0.25) is 5.88 Å². The molecule has 0 fully saturated rings. The second-order valence-corrected chi connectivity index (χ2v) is 6.43. The van der Waals surface area contributed by atoms with E-state index in [1.165, 1.54) is 24.5 Å². The van der Waals surface area contributed by atoms with Crippen molar-refractivity contribution in [2.45, 2.75) is 6.36 Å². The minimum atomic E-state index is -4.88. The van der Waals surface area contributed by atoms with Crippen LogP contribution in [0.2, 0.25) is 0 Å². The lowest BCUT2D eigenvalue weighted by Gasteiger charge is -2.14. The molecule has 4 rings (SSSR count). The first-order valence-corrected chi connectivity index (χ1v) is 9.37. The van der Waals surface area contributed by atoms with Gasteiger partial charge in [0.15, 0.2) is 5.75 Å². The zero-order chi connectivity index (χ0) is 23.3. The maximum atomic E-state index is 12.5. The molecular formula is C21H15F3N6O3. The van der Waals surface area contributed by atoms with Gasteiger partial charge >= 0.3 is 12.4 Å². The number of carbonyl (C=O) groups is 1. The number of benzene rings is 2. The Kier molecular flexibility index (Phi) is 6.06. The summed E-state index contributed by atoms with van der Waals surface area (Å²) in [7, 11) is 0. The molecular weight excluding hydrogens is 441 g/mol. The molecule has 4 aromatic rings. The number of rotatable bonds is 6. The Morgan fingerprint density at radius 2 is 1.79 bits per heavy atom. The van der Waals surface area contributed by atoms with Crippen molar-refractivity contribution in [2.75, 3.05) is 10.6 Å². The smallest absolute Gasteiger partial charge is 0.439 e. The average molecular weight is 456 g/mol. The SMILES string of the molecule is O=C(Nc1ccc(Oc2cc(-n3ccnc3)ncn2)cc1)Nc1ccccc1OC(F)(F)F. The van der Waals surface area contributed by atoms with Crippen LogP contribution in [0.1, 0.15) is 0 Å². The van der Waals surface area contributed by atoms with Crippen molar-refractivity contribution in [3.05, 3.63) is 79.6 Å². The summed E-state index contributed by atoms with van der Waals surface area (Å²) in [4.78, 5) is 24.4. The van der Waals surface area contributed by atoms with E-state index in [4.69, 9.17) is 4.74 Å². The first-order valence-electron chi connectivity index (χ1n) is 9.37. The Morgan fingerprint density at radius 1 is 1.00 bits per heavy atom. The number of carbonyl (C=O) groups excluding carboxylic acids is 1. The molecule has 33 heavy (non-hydrogen) atoms. The molecule has 0 saturated heterocycles. The molecule has 0 aliphatic heterocycles. The first-order chi connectivity index (χ1) is 15.9. The highest BCUT2D eigenvalue weighted by atomic mass is 19.4. The highest BCUT2D eigenvalue weighted by Crippen LogP contribution is 2.30. The molecule has 0 spiro atoms. The summed E-state index contributed by atoms with van der Waals surface area (Å²) in [5, 5.41) is 4.85. The Labute approximate surface area is 184 Å². The summed E-state index contributed by atoms with van der Waals surface area (Å²) in [5.74, 6) is 0.791. The third-order valence-electron chi connectivity index (χ3n) is 4.09. The predicted octanol–water partition coefficient (Wildman–Crippen LogP) is 5.00. The lowest BCUT2D eigenvalue weighted by molar-refractivity contribution is -0.274. The maximum absolute atomic E-state index is 12.5. The van der Waals surface area contributed by atoms with E-state index in [1.54, 1.807) is 53.6 Å². The molecule has 12 heteroatoms. The minimum absolute atomic E-state index is 0.135. The molecule has 9 nitrogen and oxygen atoms in total. The molecule has 0 aliphatic rings. The van der Waals surface area contributed by atoms with E-state index in [0.717, 1.165) is 6.07 Å². The summed E-state index contributed by atoms with van der Waals surface area (Å²) >= 11 is 0. The van der Waals surface area contributed by atoms with Crippen LogP contribution >= 0.6 is 0 Å². The Hall–Kier alpha value is -4.61. The normalized spacial score (nSPS) is 11.0. The van der Waals surface area contributed by atoms with E-state index < -0.39 is 18.1 Å². The van der Waals surface area contributed by atoms with Crippen LogP contribution in [0.3, 0.4) is 0 Å². The summed E-state index contributed by atoms with van der Waals surface area (Å²) in [5.41, 5.74) is 0.251. The number of hydrogen-bond donors (Lipinski definition) is 2. The zero-order valence-corrected chi connectivity index (χ0v) is 16.7. The fraction of sp³-hybridized carbons (Fsp3) is 0.0476. The number of imidazole rings is 1. The van der Waals surface area contributed by atoms with Crippen molar-refractivity contribution in [2.24, 2.45) is 0 Å². The van der Waals surface area contributed by atoms with Crippen LogP contribution < -0.4 is 20.1 Å². The molecule has 2 amide bonds. The third-order valence-corrected chi connectivity index (χ3v) is 4.09. The molecule has 2 aromatic carbocycles. The lowest BCUT2D eigenvalue weighted by atomic mass is 10.3. The van der Waals surface area contributed by atoms with Gasteiger partial charge in [-0.15, -0.1) is 13.2 Å². The van der Waals surface area contributed by atoms with Crippen molar-refractivity contribution in [1.29, 1.82) is 0 Å². The number of amides is 2. The predicted molar refractivity (Wildman–Crippen MR) is 111 cm³/mol. The lowest BCUT2D eigenvalue weighted by Crippen LogP contribution is -2.22. The molecule has 2 aromatic heterocycles. The quantitative estimate of drug-likeness (QED) is 0.423. The fourth-order valence-electron chi connectivity index (χ4n) is 2.72. The van der Waals surface area contributed by atoms with E-state index in [9.17, 15) is 18.0 Å². The van der Waals surface area contributed by atoms with E-state index in [2.05, 4.69) is 30.3 Å². The molecule has 0 atom stereocenters. The van der Waals surface area contributed by atoms with Crippen LogP contribution in [-0.4, -0.2) is 31.9 Å². The van der Waals surface area contributed by atoms with Crippen molar-refractivity contribution in [1.82, 2.24) is 19.5 Å². The number of nitrogens with one attached hydrogen (secondary N) is 2. The standard InChI is InChI=1S/C21H15F3N6O3/c22-21(23,24)33-17-4-2-1-3-16(17)29-20(31)28-14-5-7-15(8-6-14)32-19-11-18(26-12-27-19)30-10-9-25-13-30/h1-13H,(H2,28,29,31). The van der Waals surface area contributed by atoms with Gasteiger partial charge in [-0.2, -0.15) is 0 Å². The van der Waals surface area contributed by atoms with Crippen LogP contribution in [0.5, 0.6) is 17.4 Å². The highest BCUT2D eigenvalue weighted by molar-refractivity contribution is 6.00. The van der Waals surface area contributed by atoms with Crippen LogP contribution in [0, 0.1) is 0 Å². The summed E-state index contributed by atoms with van der Waals surface area (Å²) in [6.07, 6.45) is 1.40. The number of para-hydroxylation sites is 2. The van der Waals surface area contributed by atoms with Gasteiger partial charge in [-0.05, 0) is 36.4 Å². The molecule has 0 aliphatic carbocycles. The van der Waals surface area contributed by atoms with E-state index in [0.29, 0.717) is 23.1 Å². The van der Waals surface area contributed by atoms with Crippen molar-refractivity contribution >= 4 is 17.4 Å². The van der Waals surface area contributed by atoms with Gasteiger partial charge < -0.3 is 20.1 Å². The van der Waals surface area contributed by atoms with Crippen LogP contribution in [0.4, 0.5) is 29.3 Å². The van der Waals surface area contributed by atoms with Gasteiger partial charge in [-0.25, -0.2) is 19.7 Å². The number of anilines is 2. The number of ether oxygens (including phenoxy) is 2. The summed E-state index contributed by atoms with van der Waals surface area (Å²) in [6, 6.07) is 12.4. The molecule has 168 valence electrons. The Balaban J connectivity index is 1.38. The van der Waals surface area contributed by atoms with E-state index in [-0.39, 0.29) is 5.69 Å². The zero-order valence-electron chi connectivity index (χ0n) is 16.7. The van der Waals surface area contributed by atoms with Crippen molar-refractivity contribution in [3.8, 4) is 23.2 Å². The van der Waals surface area contributed by atoms with Gasteiger partial charge in [-0.1, -0.05) is 12.1 Å². The molecule has 2 heterocycles. The first kappa shape index (κ1) is 21.6. The molecule has 0 unspecified atom stereocenters. The average Bonchev–Trinajstić information content (AvgIpc) is 3.31. The second kappa shape index (κ2) is 9.26. The van der Waals surface area contributed by atoms with E-state index in [1.807, 2.05) is 0 Å². The molecule has 2 N–H and O–H groups in total. The Morgan fingerprint density at radius 3 is 2.52 bits per heavy atom. The van der Waals surface area contributed by atoms with Crippen molar-refractivity contribution in [3.63, 3.8) is 0 Å². The molecule has 0 bridgehead atoms. The van der Waals surface area contributed by atoms with Gasteiger partial charge in [0.05, 0.1) is 5.69 Å². The molecule has 0 saturated carbocycles. The summed E-state index contributed by atoms with van der Waals surface area (Å²) in [6.45, 7) is 0. The fourth-order valence-corrected chi connectivity index (χ4v) is 2.72. The monoisotopic (exact) mass is 456 g/mol. The van der Waals surface area contributed by atoms with Crippen LogP contribution in [-0.2, 0) is 0 Å². The minimum Gasteiger partial charge on any atom is -0.439 e. The second-order valence-electron chi connectivity index (χ2n) is 6.43. The number of aromatic nitrogens is 4. The number of alkyl halides is 3. The number of hydrogen-bond acceptors (Lipinski definition) is 6. The van der Waals surface area contributed by atoms with Crippen LogP contribution in [0.25, 0.3) is 5.82 Å². The van der Waals surface area contributed by atoms with Gasteiger partial charge in [0, 0.05) is 24.1 Å². The Bertz CT molecular complexity index is 1230. The van der Waals surface area contributed by atoms with Crippen LogP contribution in [0.15, 0.2) is 79.6 Å².